The van der Waals surface area contributed by atoms with Gasteiger partial charge >= 0.3 is 0 Å². The van der Waals surface area contributed by atoms with E-state index in [0.29, 0.717) is 18.3 Å². The summed E-state index contributed by atoms with van der Waals surface area (Å²) in [4.78, 5) is 0. The van der Waals surface area contributed by atoms with Gasteiger partial charge in [-0.05, 0) is 220 Å². The first-order valence-electron chi connectivity index (χ1n) is 27.8. The molecule has 0 aromatic heterocycles. The molecule has 418 valence electrons. The van der Waals surface area contributed by atoms with Crippen LogP contribution in [0.25, 0.3) is 0 Å². The van der Waals surface area contributed by atoms with Crippen LogP contribution in [-0.2, 0) is 40.5 Å². The number of aliphatic hydroxyl groups is 3. The van der Waals surface area contributed by atoms with E-state index in [9.17, 15) is 67.2 Å². The zero-order valence-corrected chi connectivity index (χ0v) is 47.4. The highest BCUT2D eigenvalue weighted by Gasteiger charge is 2.68. The highest BCUT2D eigenvalue weighted by molar-refractivity contribution is 7.87. The van der Waals surface area contributed by atoms with Gasteiger partial charge in [0.05, 0.1) is 28.8 Å². The smallest absolute Gasteiger partial charge is 0.270 e. The third-order valence-corrected chi connectivity index (χ3v) is 29.8. The summed E-state index contributed by atoms with van der Waals surface area (Å²) in [6, 6.07) is 0. The average molecular weight is 1110 g/mol. The molecule has 25 atom stereocenters. The first-order chi connectivity index (χ1) is 33.5. The van der Waals surface area contributed by atoms with E-state index in [4.69, 9.17) is 0 Å². The van der Waals surface area contributed by atoms with Crippen molar-refractivity contribution in [3.8, 4) is 0 Å². The lowest BCUT2D eigenvalue weighted by atomic mass is 9.44. The Morgan fingerprint density at radius 2 is 0.973 bits per heavy atom. The summed E-state index contributed by atoms with van der Waals surface area (Å²) >= 11 is 0. The number of hydrogen-bond acceptors (Lipinski definition) is 11. The zero-order chi connectivity index (χ0) is 53.8. The minimum Gasteiger partial charge on any atom is -0.392 e. The summed E-state index contributed by atoms with van der Waals surface area (Å²) in [5.41, 5.74) is -0.989. The Morgan fingerprint density at radius 3 is 1.41 bits per heavy atom. The number of rotatable bonds is 12. The van der Waals surface area contributed by atoms with Gasteiger partial charge in [-0.3, -0.25) is 18.2 Å². The van der Waals surface area contributed by atoms with Gasteiger partial charge in [-0.1, -0.05) is 72.8 Å². The molecule has 0 aliphatic heterocycles. The van der Waals surface area contributed by atoms with Gasteiger partial charge < -0.3 is 15.3 Å². The van der Waals surface area contributed by atoms with E-state index < -0.39 is 102 Å². The van der Waals surface area contributed by atoms with Crippen molar-refractivity contribution in [1.82, 2.24) is 0 Å². The normalized spacial score (nSPS) is 50.5. The van der Waals surface area contributed by atoms with Gasteiger partial charge in [0.1, 0.15) is 10.5 Å². The molecule has 9 rings (SSSR count). The molecule has 7 N–H and O–H groups in total. The van der Waals surface area contributed by atoms with Crippen molar-refractivity contribution < 1.29 is 67.2 Å². The fraction of sp³-hybridized carbons (Fsp3) is 0.926. The molecule has 19 heteroatoms. The van der Waals surface area contributed by atoms with Crippen LogP contribution in [0.15, 0.2) is 24.3 Å². The Morgan fingerprint density at radius 1 is 0.562 bits per heavy atom. The molecule has 0 amide bonds. The molecular weight excluding hydrogens is 1020 g/mol. The Hall–Kier alpha value is -1.00. The van der Waals surface area contributed by atoms with Crippen molar-refractivity contribution in [3.63, 3.8) is 0 Å². The lowest BCUT2D eigenvalue weighted by molar-refractivity contribution is -0.128. The molecule has 0 bridgehead atoms. The molecule has 2 unspecified atom stereocenters. The molecule has 15 nitrogen and oxygen atoms in total. The fourth-order valence-corrected chi connectivity index (χ4v) is 25.8. The molecule has 73 heavy (non-hydrogen) atoms. The van der Waals surface area contributed by atoms with Crippen LogP contribution in [0, 0.1) is 104 Å². The van der Waals surface area contributed by atoms with Gasteiger partial charge in [0.25, 0.3) is 40.5 Å². The number of aliphatic hydroxyl groups excluding tert-OH is 3. The predicted molar refractivity (Wildman–Crippen MR) is 278 cm³/mol. The standard InChI is InChI=1S/C54H88O15S4/c1-29(35-11-13-37-32-23-46(70(58,59)60)41-25-44(56)48(72(64,65)66)27-53(41,7)39(32)16-21-51(35,37)5)9-10-34-30(2)15-19-50(34,4)20-18-43(55)31(3)36-12-14-38-33-24-47(71(61,62)63)42-26-45(57)49(73(67,68)69)28-54(42,8)40(33)17-22-52(36,38)6/h18,20,29,31-49,55-57H,2,9-17,19,21-28H2,1,3-8H3,(H,58,59,60)(H,61,62,63)(H,64,65,66)(H,67,68,69)/b20-18+/t29-,31+,32+,33+,34+,35-,36-,37+,38+,39+,40+,41?,42?,43+,44-,45-,46+,47+,48+,49+,50+,51-,52-,53-,54-/m1/s1. The van der Waals surface area contributed by atoms with Crippen LogP contribution < -0.4 is 0 Å². The van der Waals surface area contributed by atoms with E-state index in [1.807, 2.05) is 19.9 Å². The van der Waals surface area contributed by atoms with E-state index in [2.05, 4.69) is 47.3 Å². The Balaban J connectivity index is 0.865. The molecule has 9 aliphatic rings. The zero-order valence-electron chi connectivity index (χ0n) is 44.2. The Labute approximate surface area is 437 Å². The van der Waals surface area contributed by atoms with Crippen molar-refractivity contribution in [2.45, 2.75) is 203 Å². The first-order valence-corrected chi connectivity index (χ1v) is 33.8. The van der Waals surface area contributed by atoms with Gasteiger partial charge in [-0.25, -0.2) is 0 Å². The fourth-order valence-electron chi connectivity index (χ4n) is 21.0. The molecule has 9 fully saturated rings. The third-order valence-electron chi connectivity index (χ3n) is 24.7. The average Bonchev–Trinajstić information content (AvgIpc) is 3.91. The van der Waals surface area contributed by atoms with Crippen LogP contribution in [0.3, 0.4) is 0 Å². The lowest BCUT2D eigenvalue weighted by Crippen LogP contribution is -2.62. The summed E-state index contributed by atoms with van der Waals surface area (Å²) in [7, 11) is -18.3. The maximum atomic E-state index is 13.1. The highest BCUT2D eigenvalue weighted by Crippen LogP contribution is 2.71. The molecular formula is C54H88O15S4. The van der Waals surface area contributed by atoms with Crippen LogP contribution in [0.1, 0.15) is 164 Å². The molecule has 9 aliphatic carbocycles. The summed E-state index contributed by atoms with van der Waals surface area (Å²) in [6.07, 6.45) is 11.3. The van der Waals surface area contributed by atoms with Gasteiger partial charge in [-0.2, -0.15) is 33.7 Å². The first kappa shape index (κ1) is 56.7. The van der Waals surface area contributed by atoms with Gasteiger partial charge in [0, 0.05) is 0 Å². The van der Waals surface area contributed by atoms with Crippen molar-refractivity contribution >= 4 is 40.5 Å². The van der Waals surface area contributed by atoms with Crippen LogP contribution in [0.2, 0.25) is 0 Å². The van der Waals surface area contributed by atoms with Gasteiger partial charge in [0.15, 0.2) is 0 Å². The van der Waals surface area contributed by atoms with Crippen LogP contribution in [-0.4, -0.2) is 107 Å². The molecule has 0 aromatic rings. The lowest BCUT2D eigenvalue weighted by Gasteiger charge is -2.63. The summed E-state index contributed by atoms with van der Waals surface area (Å²) in [5, 5.41) is 28.8. The Bertz CT molecular complexity index is 2640. The highest BCUT2D eigenvalue weighted by atomic mass is 32.2. The van der Waals surface area contributed by atoms with Crippen molar-refractivity contribution in [2.75, 3.05) is 0 Å². The van der Waals surface area contributed by atoms with Gasteiger partial charge in [-0.15, -0.1) is 0 Å². The van der Waals surface area contributed by atoms with E-state index >= 15 is 0 Å². The minimum atomic E-state index is -4.62. The predicted octanol–water partition coefficient (Wildman–Crippen LogP) is 8.43. The van der Waals surface area contributed by atoms with Crippen molar-refractivity contribution in [3.05, 3.63) is 24.3 Å². The topological polar surface area (TPSA) is 278 Å². The second-order valence-electron chi connectivity index (χ2n) is 27.6. The van der Waals surface area contributed by atoms with Crippen LogP contribution >= 0.6 is 0 Å². The summed E-state index contributed by atoms with van der Waals surface area (Å²) < 4.78 is 144. The Kier molecular flexibility index (Phi) is 14.6. The van der Waals surface area contributed by atoms with E-state index in [1.165, 1.54) is 5.57 Å². The largest absolute Gasteiger partial charge is 0.392 e. The summed E-state index contributed by atoms with van der Waals surface area (Å²) in [6.45, 7) is 19.7. The second-order valence-corrected chi connectivity index (χ2v) is 34.2. The monoisotopic (exact) mass is 1100 g/mol. The van der Waals surface area contributed by atoms with E-state index in [0.717, 1.165) is 70.6 Å². The molecule has 9 saturated carbocycles. The SMILES string of the molecule is C=C1CC[C@@](C)(/C=C/[C@H](O)[C@@H](C)[C@H]2CC[C@H]3[C@@H]4C[C@H](S(=O)(=O)O)C5C[C@@H](O)[C@@H](S(=O)(=O)O)C[C@]5(C)[C@H]4CC[C@]23C)[C@H]1CC[C@@H](C)[C@H]1CC[C@H]2[C@@H]3C[C@H](S(=O)(=O)O)C4C[C@@H](O)[C@@H](S(=O)(=O)O)C[C@]4(C)[C@H]3CC[C@]12C. The molecule has 0 saturated heterocycles. The second kappa shape index (κ2) is 18.8. The molecule has 0 radical (unpaired) electrons. The number of hydrogen-bond donors (Lipinski definition) is 7. The minimum absolute atomic E-state index is 0.00633. The van der Waals surface area contributed by atoms with E-state index in [-0.39, 0.29) is 108 Å². The van der Waals surface area contributed by atoms with Crippen molar-refractivity contribution in [1.29, 1.82) is 0 Å². The third kappa shape index (κ3) is 9.36. The van der Waals surface area contributed by atoms with E-state index in [1.54, 1.807) is 0 Å². The van der Waals surface area contributed by atoms with Crippen molar-refractivity contribution in [2.24, 2.45) is 104 Å². The number of allylic oxidation sites excluding steroid dienone is 2. The number of fused-ring (bicyclic) bond motifs is 10. The molecule has 0 spiro atoms. The quantitative estimate of drug-likeness (QED) is 0.0713. The summed E-state index contributed by atoms with van der Waals surface area (Å²) in [5.74, 6) is -0.310. The van der Waals surface area contributed by atoms with Crippen LogP contribution in [0.4, 0.5) is 0 Å². The molecule has 0 heterocycles. The maximum absolute atomic E-state index is 13.1. The molecule has 0 aromatic carbocycles. The maximum Gasteiger partial charge on any atom is 0.270 e. The van der Waals surface area contributed by atoms with Crippen LogP contribution in [0.5, 0.6) is 0 Å². The van der Waals surface area contributed by atoms with Gasteiger partial charge in [0.2, 0.25) is 0 Å².